The number of benzene rings is 1. The average Bonchev–Trinajstić information content (AvgIpc) is 3.00. The summed E-state index contributed by atoms with van der Waals surface area (Å²) < 4.78 is 11.1. The highest BCUT2D eigenvalue weighted by Crippen LogP contribution is 2.35. The van der Waals surface area contributed by atoms with Crippen molar-refractivity contribution in [2.45, 2.75) is 25.8 Å². The number of hydrogen-bond acceptors (Lipinski definition) is 4. The molecule has 2 heterocycles. The minimum atomic E-state index is 0.388. The number of methoxy groups -OCH3 is 1. The van der Waals surface area contributed by atoms with Gasteiger partial charge in [0.1, 0.15) is 11.5 Å². The van der Waals surface area contributed by atoms with Gasteiger partial charge in [0, 0.05) is 24.6 Å². The summed E-state index contributed by atoms with van der Waals surface area (Å²) in [5, 5.41) is 3.75. The Morgan fingerprint density at radius 3 is 3.05 bits per heavy atom. The van der Waals surface area contributed by atoms with E-state index in [1.807, 2.05) is 12.1 Å². The van der Waals surface area contributed by atoms with Crippen molar-refractivity contribution in [2.75, 3.05) is 39.9 Å². The fraction of sp³-hybridized carbons (Fsp3) is 0.647. The smallest absolute Gasteiger partial charge is 0.124 e. The van der Waals surface area contributed by atoms with Gasteiger partial charge in [-0.1, -0.05) is 6.92 Å². The van der Waals surface area contributed by atoms with E-state index in [0.717, 1.165) is 37.0 Å². The Kier molecular flexibility index (Phi) is 4.66. The van der Waals surface area contributed by atoms with Crippen molar-refractivity contribution in [3.05, 3.63) is 23.8 Å². The molecule has 0 radical (unpaired) electrons. The molecule has 116 valence electrons. The Balaban J connectivity index is 1.62. The van der Waals surface area contributed by atoms with Crippen LogP contribution in [0, 0.1) is 5.92 Å². The molecule has 4 heteroatoms. The van der Waals surface area contributed by atoms with Crippen molar-refractivity contribution in [1.82, 2.24) is 10.2 Å². The predicted molar refractivity (Wildman–Crippen MR) is 84.1 cm³/mol. The van der Waals surface area contributed by atoms with E-state index in [2.05, 4.69) is 23.2 Å². The first kappa shape index (κ1) is 14.7. The molecule has 0 aliphatic carbocycles. The summed E-state index contributed by atoms with van der Waals surface area (Å²) in [4.78, 5) is 2.54. The first-order valence-electron chi connectivity index (χ1n) is 8.06. The third-order valence-electron chi connectivity index (χ3n) is 4.73. The van der Waals surface area contributed by atoms with Crippen LogP contribution in [0.4, 0.5) is 0 Å². The van der Waals surface area contributed by atoms with Crippen LogP contribution in [0.3, 0.4) is 0 Å². The highest BCUT2D eigenvalue weighted by atomic mass is 16.5. The second kappa shape index (κ2) is 6.67. The van der Waals surface area contributed by atoms with Crippen molar-refractivity contribution in [3.63, 3.8) is 0 Å². The number of rotatable bonds is 5. The molecule has 0 aromatic heterocycles. The minimum Gasteiger partial charge on any atom is -0.497 e. The van der Waals surface area contributed by atoms with Gasteiger partial charge in [-0.3, -0.25) is 0 Å². The summed E-state index contributed by atoms with van der Waals surface area (Å²) in [6.45, 7) is 7.80. The second-order valence-electron chi connectivity index (χ2n) is 6.05. The molecule has 2 aliphatic heterocycles. The van der Waals surface area contributed by atoms with Crippen LogP contribution in [0.15, 0.2) is 18.2 Å². The minimum absolute atomic E-state index is 0.388. The number of hydrogen-bond donors (Lipinski definition) is 1. The maximum Gasteiger partial charge on any atom is 0.124 e. The molecule has 4 nitrogen and oxygen atoms in total. The lowest BCUT2D eigenvalue weighted by Gasteiger charge is -2.28. The Hall–Kier alpha value is -1.26. The topological polar surface area (TPSA) is 33.7 Å². The number of likely N-dealkylation sites (tertiary alicyclic amines) is 1. The van der Waals surface area contributed by atoms with E-state index < -0.39 is 0 Å². The Labute approximate surface area is 127 Å². The van der Waals surface area contributed by atoms with E-state index in [0.29, 0.717) is 6.04 Å². The standard InChI is InChI=1S/C17H26N2O2/c1-3-19-8-6-13(12-19)11-18-16-7-9-21-17-5-4-14(20-2)10-15(16)17/h4-5,10,13,16,18H,3,6-9,11-12H2,1-2H3. The van der Waals surface area contributed by atoms with Gasteiger partial charge in [-0.15, -0.1) is 0 Å². The molecular weight excluding hydrogens is 264 g/mol. The van der Waals surface area contributed by atoms with Crippen LogP contribution in [-0.4, -0.2) is 44.8 Å². The van der Waals surface area contributed by atoms with Crippen LogP contribution in [0.5, 0.6) is 11.5 Å². The van der Waals surface area contributed by atoms with Crippen molar-refractivity contribution in [2.24, 2.45) is 5.92 Å². The lowest BCUT2D eigenvalue weighted by Crippen LogP contribution is -2.32. The van der Waals surface area contributed by atoms with E-state index >= 15 is 0 Å². The molecule has 0 saturated carbocycles. The van der Waals surface area contributed by atoms with Gasteiger partial charge >= 0.3 is 0 Å². The molecule has 1 N–H and O–H groups in total. The van der Waals surface area contributed by atoms with E-state index in [1.54, 1.807) is 7.11 Å². The predicted octanol–water partition coefficient (Wildman–Crippen LogP) is 2.45. The largest absolute Gasteiger partial charge is 0.497 e. The van der Waals surface area contributed by atoms with Gasteiger partial charge in [0.2, 0.25) is 0 Å². The fourth-order valence-electron chi connectivity index (χ4n) is 3.39. The van der Waals surface area contributed by atoms with Crippen molar-refractivity contribution in [3.8, 4) is 11.5 Å². The zero-order valence-corrected chi connectivity index (χ0v) is 13.1. The number of fused-ring (bicyclic) bond motifs is 1. The third kappa shape index (κ3) is 3.33. The molecule has 1 fully saturated rings. The molecule has 0 spiro atoms. The van der Waals surface area contributed by atoms with Gasteiger partial charge in [0.15, 0.2) is 0 Å². The first-order valence-corrected chi connectivity index (χ1v) is 8.06. The Morgan fingerprint density at radius 2 is 2.29 bits per heavy atom. The van der Waals surface area contributed by atoms with Crippen LogP contribution < -0.4 is 14.8 Å². The number of nitrogens with zero attached hydrogens (tertiary/aromatic N) is 1. The normalized spacial score (nSPS) is 25.4. The molecule has 1 aromatic carbocycles. The number of ether oxygens (including phenoxy) is 2. The summed E-state index contributed by atoms with van der Waals surface area (Å²) in [5.41, 5.74) is 1.24. The monoisotopic (exact) mass is 290 g/mol. The zero-order chi connectivity index (χ0) is 14.7. The van der Waals surface area contributed by atoms with Crippen molar-refractivity contribution >= 4 is 0 Å². The summed E-state index contributed by atoms with van der Waals surface area (Å²) in [5.74, 6) is 2.69. The highest BCUT2D eigenvalue weighted by Gasteiger charge is 2.25. The molecule has 0 bridgehead atoms. The van der Waals surface area contributed by atoms with Gasteiger partial charge in [0.05, 0.1) is 13.7 Å². The maximum absolute atomic E-state index is 5.76. The van der Waals surface area contributed by atoms with Crippen molar-refractivity contribution < 1.29 is 9.47 Å². The average molecular weight is 290 g/mol. The summed E-state index contributed by atoms with van der Waals surface area (Å²) >= 11 is 0. The van der Waals surface area contributed by atoms with E-state index in [-0.39, 0.29) is 0 Å². The van der Waals surface area contributed by atoms with Crippen LogP contribution in [0.2, 0.25) is 0 Å². The van der Waals surface area contributed by atoms with Gasteiger partial charge in [-0.25, -0.2) is 0 Å². The van der Waals surface area contributed by atoms with Gasteiger partial charge < -0.3 is 19.7 Å². The fourth-order valence-corrected chi connectivity index (χ4v) is 3.39. The van der Waals surface area contributed by atoms with Crippen LogP contribution in [0.1, 0.15) is 31.4 Å². The Morgan fingerprint density at radius 1 is 1.38 bits per heavy atom. The first-order chi connectivity index (χ1) is 10.3. The molecule has 2 unspecified atom stereocenters. The lowest BCUT2D eigenvalue weighted by molar-refractivity contribution is 0.246. The summed E-state index contributed by atoms with van der Waals surface area (Å²) in [6.07, 6.45) is 2.35. The van der Waals surface area contributed by atoms with Gasteiger partial charge in [-0.05, 0) is 50.2 Å². The van der Waals surface area contributed by atoms with E-state index in [4.69, 9.17) is 9.47 Å². The zero-order valence-electron chi connectivity index (χ0n) is 13.1. The molecule has 3 rings (SSSR count). The van der Waals surface area contributed by atoms with Crippen molar-refractivity contribution in [1.29, 1.82) is 0 Å². The van der Waals surface area contributed by atoms with E-state index in [9.17, 15) is 0 Å². The summed E-state index contributed by atoms with van der Waals surface area (Å²) in [7, 11) is 1.71. The molecule has 1 saturated heterocycles. The van der Waals surface area contributed by atoms with Crippen LogP contribution in [-0.2, 0) is 0 Å². The molecule has 21 heavy (non-hydrogen) atoms. The SMILES string of the molecule is CCN1CCC(CNC2CCOc3ccc(OC)cc32)C1. The van der Waals surface area contributed by atoms with Crippen LogP contribution >= 0.6 is 0 Å². The lowest BCUT2D eigenvalue weighted by atomic mass is 9.99. The molecular formula is C17H26N2O2. The number of nitrogens with one attached hydrogen (secondary N) is 1. The molecule has 0 amide bonds. The highest BCUT2D eigenvalue weighted by molar-refractivity contribution is 5.43. The van der Waals surface area contributed by atoms with Crippen LogP contribution in [0.25, 0.3) is 0 Å². The van der Waals surface area contributed by atoms with E-state index in [1.165, 1.54) is 31.6 Å². The third-order valence-corrected chi connectivity index (χ3v) is 4.73. The molecule has 2 aliphatic rings. The molecule has 2 atom stereocenters. The molecule has 1 aromatic rings. The Bertz CT molecular complexity index is 478. The second-order valence-corrected chi connectivity index (χ2v) is 6.05. The quantitative estimate of drug-likeness (QED) is 0.903. The maximum atomic E-state index is 5.76. The summed E-state index contributed by atoms with van der Waals surface area (Å²) in [6, 6.07) is 6.49. The van der Waals surface area contributed by atoms with Gasteiger partial charge in [-0.2, -0.15) is 0 Å². The van der Waals surface area contributed by atoms with Gasteiger partial charge in [0.25, 0.3) is 0 Å².